The average molecular weight is 382 g/mol. The van der Waals surface area contributed by atoms with Crippen LogP contribution in [0.3, 0.4) is 0 Å². The summed E-state index contributed by atoms with van der Waals surface area (Å²) in [6, 6.07) is 2.48. The molecule has 1 saturated carbocycles. The van der Waals surface area contributed by atoms with Crippen LogP contribution in [0.25, 0.3) is 0 Å². The minimum atomic E-state index is -1.10. The molecule has 1 aromatic rings. The van der Waals surface area contributed by atoms with E-state index in [2.05, 4.69) is 5.32 Å². The Kier molecular flexibility index (Phi) is 5.81. The van der Waals surface area contributed by atoms with E-state index >= 15 is 0 Å². The van der Waals surface area contributed by atoms with Crippen LogP contribution in [0.4, 0.5) is 10.1 Å². The molecule has 0 bridgehead atoms. The molecule has 26 heavy (non-hydrogen) atoms. The molecular weight excluding hydrogens is 361 g/mol. The summed E-state index contributed by atoms with van der Waals surface area (Å²) in [6.45, 7) is 0. The van der Waals surface area contributed by atoms with E-state index in [1.807, 2.05) is 0 Å². The molecule has 1 amide bonds. The van der Waals surface area contributed by atoms with Gasteiger partial charge in [0.15, 0.2) is 0 Å². The highest BCUT2D eigenvalue weighted by Gasteiger charge is 2.25. The number of anilines is 1. The fraction of sp³-hybridized carbons (Fsp3) is 0.474. The van der Waals surface area contributed by atoms with Gasteiger partial charge in [0, 0.05) is 17.2 Å². The zero-order valence-corrected chi connectivity index (χ0v) is 15.1. The lowest BCUT2D eigenvalue weighted by molar-refractivity contribution is -0.133. The maximum Gasteiger partial charge on any atom is 0.332 e. The minimum Gasteiger partial charge on any atom is -0.489 e. The van der Waals surface area contributed by atoms with Crippen LogP contribution in [0.15, 0.2) is 23.3 Å². The molecule has 2 N–H and O–H groups in total. The monoisotopic (exact) mass is 381 g/mol. The fourth-order valence-electron chi connectivity index (χ4n) is 3.49. The fourth-order valence-corrected chi connectivity index (χ4v) is 3.69. The molecule has 1 aromatic carbocycles. The number of carbonyl (C=O) groups is 2. The quantitative estimate of drug-likeness (QED) is 0.775. The van der Waals surface area contributed by atoms with Gasteiger partial charge >= 0.3 is 5.97 Å². The molecular formula is C19H21ClFNO4. The lowest BCUT2D eigenvalue weighted by Gasteiger charge is -2.19. The van der Waals surface area contributed by atoms with Gasteiger partial charge in [-0.25, -0.2) is 9.18 Å². The Morgan fingerprint density at radius 2 is 1.77 bits per heavy atom. The molecule has 0 unspecified atom stereocenters. The molecule has 3 rings (SSSR count). The molecule has 0 spiro atoms. The van der Waals surface area contributed by atoms with E-state index in [9.17, 15) is 19.1 Å². The van der Waals surface area contributed by atoms with Crippen molar-refractivity contribution < 1.29 is 23.8 Å². The van der Waals surface area contributed by atoms with Crippen LogP contribution in [0, 0.1) is 5.82 Å². The second-order valence-electron chi connectivity index (χ2n) is 6.71. The first-order chi connectivity index (χ1) is 12.5. The molecule has 5 nitrogen and oxygen atoms in total. The third-order valence-electron chi connectivity index (χ3n) is 4.87. The van der Waals surface area contributed by atoms with Gasteiger partial charge in [-0.2, -0.15) is 0 Å². The molecule has 0 radical (unpaired) electrons. The first kappa shape index (κ1) is 18.7. The number of halogens is 2. The normalized spacial score (nSPS) is 18.1. The summed E-state index contributed by atoms with van der Waals surface area (Å²) in [4.78, 5) is 23.8. The van der Waals surface area contributed by atoms with Crippen molar-refractivity contribution in [3.8, 4) is 5.75 Å². The minimum absolute atomic E-state index is 0.0428. The van der Waals surface area contributed by atoms with Crippen molar-refractivity contribution in [3.05, 3.63) is 34.1 Å². The number of carbonyl (C=O) groups excluding carboxylic acids is 1. The number of aliphatic carboxylic acids is 1. The van der Waals surface area contributed by atoms with E-state index in [0.717, 1.165) is 44.6 Å². The van der Waals surface area contributed by atoms with Crippen molar-refractivity contribution in [2.75, 3.05) is 5.32 Å². The first-order valence-electron chi connectivity index (χ1n) is 8.88. The van der Waals surface area contributed by atoms with Crippen LogP contribution in [0.1, 0.15) is 51.4 Å². The second-order valence-corrected chi connectivity index (χ2v) is 7.12. The zero-order chi connectivity index (χ0) is 18.7. The summed E-state index contributed by atoms with van der Waals surface area (Å²) in [6.07, 6.45) is 6.23. The van der Waals surface area contributed by atoms with E-state index in [0.29, 0.717) is 18.6 Å². The van der Waals surface area contributed by atoms with Crippen LogP contribution in [-0.4, -0.2) is 23.1 Å². The first-order valence-corrected chi connectivity index (χ1v) is 9.26. The Hall–Kier alpha value is -2.08. The van der Waals surface area contributed by atoms with E-state index in [1.54, 1.807) is 0 Å². The largest absolute Gasteiger partial charge is 0.489 e. The summed E-state index contributed by atoms with van der Waals surface area (Å²) in [5.74, 6) is -2.05. The number of hydrogen-bond acceptors (Lipinski definition) is 3. The van der Waals surface area contributed by atoms with Gasteiger partial charge in [-0.3, -0.25) is 4.79 Å². The Morgan fingerprint density at radius 3 is 2.42 bits per heavy atom. The van der Waals surface area contributed by atoms with E-state index in [4.69, 9.17) is 16.3 Å². The van der Waals surface area contributed by atoms with Crippen molar-refractivity contribution in [2.45, 2.75) is 57.5 Å². The molecule has 0 aliphatic heterocycles. The van der Waals surface area contributed by atoms with Gasteiger partial charge in [0.1, 0.15) is 11.6 Å². The summed E-state index contributed by atoms with van der Waals surface area (Å²) in [5.41, 5.74) is 0.247. The summed E-state index contributed by atoms with van der Waals surface area (Å²) >= 11 is 6.07. The highest BCUT2D eigenvalue weighted by atomic mass is 35.5. The van der Waals surface area contributed by atoms with Crippen molar-refractivity contribution >= 4 is 29.2 Å². The number of carboxylic acid groups (broad SMARTS) is 1. The molecule has 7 heteroatoms. The second kappa shape index (κ2) is 8.08. The Labute approximate surface area is 156 Å². The molecule has 0 atom stereocenters. The molecule has 0 saturated heterocycles. The standard InChI is InChI=1S/C19H21ClFNO4/c20-14-9-15(21)16(10-17(14)26-11-5-1-2-6-11)22-18(23)12-7-3-4-8-13(12)19(24)25/h9-11H,1-8H2,(H,22,23)(H,24,25). The lowest BCUT2D eigenvalue weighted by Crippen LogP contribution is -2.22. The SMILES string of the molecule is O=C(O)C1=C(C(=O)Nc2cc(OC3CCCC3)c(Cl)cc2F)CCCC1. The van der Waals surface area contributed by atoms with Gasteiger partial charge < -0.3 is 15.2 Å². The van der Waals surface area contributed by atoms with E-state index < -0.39 is 17.7 Å². The van der Waals surface area contributed by atoms with Crippen molar-refractivity contribution in [3.63, 3.8) is 0 Å². The number of hydrogen-bond donors (Lipinski definition) is 2. The van der Waals surface area contributed by atoms with E-state index in [-0.39, 0.29) is 28.0 Å². The van der Waals surface area contributed by atoms with Crippen LogP contribution in [0.5, 0.6) is 5.75 Å². The van der Waals surface area contributed by atoms with Crippen molar-refractivity contribution in [2.24, 2.45) is 0 Å². The molecule has 2 aliphatic rings. The Morgan fingerprint density at radius 1 is 1.12 bits per heavy atom. The summed E-state index contributed by atoms with van der Waals surface area (Å²) in [7, 11) is 0. The summed E-state index contributed by atoms with van der Waals surface area (Å²) < 4.78 is 20.1. The highest BCUT2D eigenvalue weighted by molar-refractivity contribution is 6.32. The number of ether oxygens (including phenoxy) is 1. The molecule has 140 valence electrons. The zero-order valence-electron chi connectivity index (χ0n) is 14.3. The summed E-state index contributed by atoms with van der Waals surface area (Å²) in [5, 5.41) is 11.9. The third kappa shape index (κ3) is 4.18. The predicted octanol–water partition coefficient (Wildman–Crippen LogP) is 4.69. The molecule has 0 aromatic heterocycles. The van der Waals surface area contributed by atoms with Gasteiger partial charge in [-0.1, -0.05) is 11.6 Å². The predicted molar refractivity (Wildman–Crippen MR) is 96.1 cm³/mol. The smallest absolute Gasteiger partial charge is 0.332 e. The number of amides is 1. The third-order valence-corrected chi connectivity index (χ3v) is 5.16. The molecule has 2 aliphatic carbocycles. The van der Waals surface area contributed by atoms with Gasteiger partial charge in [0.25, 0.3) is 5.91 Å². The highest BCUT2D eigenvalue weighted by Crippen LogP contribution is 2.34. The molecule has 0 heterocycles. The van der Waals surface area contributed by atoms with Crippen LogP contribution in [0.2, 0.25) is 5.02 Å². The maximum absolute atomic E-state index is 14.2. The average Bonchev–Trinajstić information content (AvgIpc) is 3.12. The number of nitrogens with one attached hydrogen (secondary N) is 1. The van der Waals surface area contributed by atoms with Crippen LogP contribution < -0.4 is 10.1 Å². The van der Waals surface area contributed by atoms with Gasteiger partial charge in [-0.15, -0.1) is 0 Å². The van der Waals surface area contributed by atoms with Crippen LogP contribution >= 0.6 is 11.6 Å². The van der Waals surface area contributed by atoms with Crippen LogP contribution in [-0.2, 0) is 9.59 Å². The van der Waals surface area contributed by atoms with Gasteiger partial charge in [0.2, 0.25) is 0 Å². The number of carboxylic acids is 1. The molecule has 1 fully saturated rings. The van der Waals surface area contributed by atoms with Crippen molar-refractivity contribution in [1.29, 1.82) is 0 Å². The number of rotatable bonds is 5. The van der Waals surface area contributed by atoms with Crippen molar-refractivity contribution in [1.82, 2.24) is 0 Å². The Balaban J connectivity index is 1.82. The number of benzene rings is 1. The lowest BCUT2D eigenvalue weighted by atomic mass is 9.91. The maximum atomic E-state index is 14.2. The van der Waals surface area contributed by atoms with E-state index in [1.165, 1.54) is 6.07 Å². The Bertz CT molecular complexity index is 756. The van der Waals surface area contributed by atoms with Gasteiger partial charge in [0.05, 0.1) is 16.8 Å². The topological polar surface area (TPSA) is 75.6 Å². The van der Waals surface area contributed by atoms with Gasteiger partial charge in [-0.05, 0) is 57.4 Å².